The van der Waals surface area contributed by atoms with Gasteiger partial charge in [0.1, 0.15) is 9.84 Å². The van der Waals surface area contributed by atoms with Crippen LogP contribution in [0, 0.1) is 5.92 Å². The molecule has 0 aliphatic heterocycles. The first-order valence-corrected chi connectivity index (χ1v) is 9.89. The number of hydrogen-bond donors (Lipinski definition) is 1. The Labute approximate surface area is 127 Å². The molecule has 0 saturated heterocycles. The lowest BCUT2D eigenvalue weighted by Crippen LogP contribution is -2.45. The van der Waals surface area contributed by atoms with Gasteiger partial charge in [0.2, 0.25) is 0 Å². The van der Waals surface area contributed by atoms with Gasteiger partial charge in [-0.2, -0.15) is 0 Å². The van der Waals surface area contributed by atoms with Crippen LogP contribution in [0.15, 0.2) is 30.3 Å². The largest absolute Gasteiger partial charge is 0.327 e. The zero-order chi connectivity index (χ0) is 15.1. The quantitative estimate of drug-likeness (QED) is 0.930. The van der Waals surface area contributed by atoms with Crippen LogP contribution >= 0.6 is 0 Å². The van der Waals surface area contributed by atoms with Gasteiger partial charge in [-0.1, -0.05) is 36.8 Å². The maximum Gasteiger partial charge on any atom is 0.150 e. The molecule has 1 aromatic rings. The molecule has 21 heavy (non-hydrogen) atoms. The van der Waals surface area contributed by atoms with Gasteiger partial charge >= 0.3 is 0 Å². The molecule has 4 heteroatoms. The molecule has 2 fully saturated rings. The minimum atomic E-state index is -2.94. The third-order valence-electron chi connectivity index (χ3n) is 5.56. The lowest BCUT2D eigenvalue weighted by Gasteiger charge is -2.36. The summed E-state index contributed by atoms with van der Waals surface area (Å²) in [6.07, 6.45) is 7.25. The second-order valence-corrected chi connectivity index (χ2v) is 9.25. The summed E-state index contributed by atoms with van der Waals surface area (Å²) in [5.74, 6) is 0.334. The molecular formula is C17H25NO2S. The molecule has 0 bridgehead atoms. The molecule has 0 amide bonds. The fourth-order valence-corrected chi connectivity index (χ4v) is 5.26. The molecule has 3 nitrogen and oxygen atoms in total. The molecule has 0 spiro atoms. The van der Waals surface area contributed by atoms with E-state index in [4.69, 9.17) is 5.73 Å². The van der Waals surface area contributed by atoms with E-state index in [1.165, 1.54) is 11.8 Å². The lowest BCUT2D eigenvalue weighted by atomic mass is 9.75. The molecule has 0 heterocycles. The van der Waals surface area contributed by atoms with Gasteiger partial charge in [0, 0.05) is 17.7 Å². The molecule has 3 atom stereocenters. The molecule has 1 aromatic carbocycles. The average Bonchev–Trinajstić information content (AvgIpc) is 3.28. The monoisotopic (exact) mass is 307 g/mol. The van der Waals surface area contributed by atoms with Gasteiger partial charge < -0.3 is 5.73 Å². The van der Waals surface area contributed by atoms with E-state index >= 15 is 0 Å². The number of sulfone groups is 1. The van der Waals surface area contributed by atoms with Crippen molar-refractivity contribution in [1.82, 2.24) is 0 Å². The van der Waals surface area contributed by atoms with Gasteiger partial charge in [0.05, 0.1) is 5.25 Å². The van der Waals surface area contributed by atoms with Crippen LogP contribution in [0.1, 0.15) is 44.1 Å². The van der Waals surface area contributed by atoms with Crippen LogP contribution in [-0.4, -0.2) is 26.0 Å². The van der Waals surface area contributed by atoms with Crippen LogP contribution in [-0.2, 0) is 15.3 Å². The van der Waals surface area contributed by atoms with Crippen molar-refractivity contribution < 1.29 is 8.42 Å². The topological polar surface area (TPSA) is 60.2 Å². The van der Waals surface area contributed by atoms with Crippen molar-refractivity contribution in [3.05, 3.63) is 35.9 Å². The van der Waals surface area contributed by atoms with Crippen LogP contribution in [0.25, 0.3) is 0 Å². The second kappa shape index (κ2) is 5.40. The van der Waals surface area contributed by atoms with Crippen LogP contribution in [0.4, 0.5) is 0 Å². The summed E-state index contributed by atoms with van der Waals surface area (Å²) in [7, 11) is -2.94. The minimum Gasteiger partial charge on any atom is -0.327 e. The first kappa shape index (κ1) is 15.0. The van der Waals surface area contributed by atoms with E-state index in [-0.39, 0.29) is 16.7 Å². The van der Waals surface area contributed by atoms with E-state index in [1.54, 1.807) is 0 Å². The van der Waals surface area contributed by atoms with Crippen LogP contribution in [0.5, 0.6) is 0 Å². The second-order valence-electron chi connectivity index (χ2n) is 6.93. The maximum absolute atomic E-state index is 11.8. The number of nitrogens with two attached hydrogens (primary N) is 1. The molecule has 2 aliphatic carbocycles. The Hall–Kier alpha value is -0.870. The van der Waals surface area contributed by atoms with Gasteiger partial charge in [-0.15, -0.1) is 0 Å². The fraction of sp³-hybridized carbons (Fsp3) is 0.647. The highest BCUT2D eigenvalue weighted by Crippen LogP contribution is 2.53. The Bertz CT molecular complexity index is 592. The van der Waals surface area contributed by atoms with Crippen molar-refractivity contribution in [2.45, 2.75) is 55.2 Å². The number of benzene rings is 1. The predicted octanol–water partition coefficient (Wildman–Crippen LogP) is 2.65. The summed E-state index contributed by atoms with van der Waals surface area (Å²) in [4.78, 5) is 0. The van der Waals surface area contributed by atoms with E-state index in [1.807, 2.05) is 6.07 Å². The Morgan fingerprint density at radius 3 is 2.43 bits per heavy atom. The Morgan fingerprint density at radius 2 is 1.86 bits per heavy atom. The molecule has 116 valence electrons. The van der Waals surface area contributed by atoms with Crippen LogP contribution in [0.2, 0.25) is 0 Å². The first-order chi connectivity index (χ1) is 9.93. The zero-order valence-electron chi connectivity index (χ0n) is 12.7. The van der Waals surface area contributed by atoms with Gasteiger partial charge in [0.15, 0.2) is 0 Å². The summed E-state index contributed by atoms with van der Waals surface area (Å²) in [5.41, 5.74) is 8.07. The normalized spacial score (nSPS) is 29.8. The smallest absolute Gasteiger partial charge is 0.150 e. The average molecular weight is 307 g/mol. The summed E-state index contributed by atoms with van der Waals surface area (Å²) in [5, 5.41) is -0.186. The number of rotatable bonds is 4. The number of hydrogen-bond acceptors (Lipinski definition) is 3. The van der Waals surface area contributed by atoms with Crippen LogP contribution < -0.4 is 5.73 Å². The van der Waals surface area contributed by atoms with E-state index in [2.05, 4.69) is 24.3 Å². The van der Waals surface area contributed by atoms with Crippen LogP contribution in [0.3, 0.4) is 0 Å². The molecule has 3 rings (SSSR count). The van der Waals surface area contributed by atoms with Gasteiger partial charge in [-0.25, -0.2) is 8.42 Å². The fourth-order valence-electron chi connectivity index (χ4n) is 4.07. The highest BCUT2D eigenvalue weighted by Gasteiger charge is 2.52. The van der Waals surface area contributed by atoms with E-state index in [0.717, 1.165) is 38.5 Å². The van der Waals surface area contributed by atoms with Crippen molar-refractivity contribution in [3.63, 3.8) is 0 Å². The van der Waals surface area contributed by atoms with Gasteiger partial charge in [-0.05, 0) is 43.6 Å². The zero-order valence-corrected chi connectivity index (χ0v) is 13.5. The van der Waals surface area contributed by atoms with Crippen molar-refractivity contribution in [3.8, 4) is 0 Å². The van der Waals surface area contributed by atoms with E-state index in [0.29, 0.717) is 5.92 Å². The Kier molecular flexibility index (Phi) is 3.87. The summed E-state index contributed by atoms with van der Waals surface area (Å²) in [6.45, 7) is 0. The third kappa shape index (κ3) is 2.88. The minimum absolute atomic E-state index is 0.0875. The van der Waals surface area contributed by atoms with Crippen molar-refractivity contribution in [2.24, 2.45) is 11.7 Å². The van der Waals surface area contributed by atoms with Gasteiger partial charge in [0.25, 0.3) is 0 Å². The molecule has 2 aliphatic rings. The lowest BCUT2D eigenvalue weighted by molar-refractivity contribution is 0.269. The van der Waals surface area contributed by atoms with E-state index < -0.39 is 9.84 Å². The molecular weight excluding hydrogens is 282 g/mol. The highest BCUT2D eigenvalue weighted by atomic mass is 32.2. The highest BCUT2D eigenvalue weighted by molar-refractivity contribution is 7.91. The summed E-state index contributed by atoms with van der Waals surface area (Å²) >= 11 is 0. The molecule has 0 aromatic heterocycles. The predicted molar refractivity (Wildman–Crippen MR) is 85.9 cm³/mol. The molecule has 2 saturated carbocycles. The summed E-state index contributed by atoms with van der Waals surface area (Å²) < 4.78 is 23.7. The SMILES string of the molecule is CS(=O)(=O)C1CCCC(C(N)C2(c3ccccc3)CC2)C1. The first-order valence-electron chi connectivity index (χ1n) is 7.93. The third-order valence-corrected chi connectivity index (χ3v) is 7.19. The van der Waals surface area contributed by atoms with E-state index in [9.17, 15) is 8.42 Å². The Morgan fingerprint density at radius 1 is 1.19 bits per heavy atom. The molecule has 3 unspecified atom stereocenters. The molecule has 2 N–H and O–H groups in total. The van der Waals surface area contributed by atoms with Crippen molar-refractivity contribution in [1.29, 1.82) is 0 Å². The summed E-state index contributed by atoms with van der Waals surface area (Å²) in [6, 6.07) is 10.6. The maximum atomic E-state index is 11.8. The van der Waals surface area contributed by atoms with Gasteiger partial charge in [-0.3, -0.25) is 0 Å². The molecule has 0 radical (unpaired) electrons. The van der Waals surface area contributed by atoms with Crippen molar-refractivity contribution in [2.75, 3.05) is 6.26 Å². The van der Waals surface area contributed by atoms with Crippen molar-refractivity contribution >= 4 is 9.84 Å². The Balaban J connectivity index is 1.78. The standard InChI is InChI=1S/C17H25NO2S/c1-21(19,20)15-9-5-6-13(12-15)16(18)17(10-11-17)14-7-3-2-4-8-14/h2-4,7-8,13,15-16H,5-6,9-12,18H2,1H3.